The summed E-state index contributed by atoms with van der Waals surface area (Å²) < 4.78 is 5.55. The van der Waals surface area contributed by atoms with Crippen LogP contribution in [0.5, 0.6) is 5.75 Å². The summed E-state index contributed by atoms with van der Waals surface area (Å²) in [7, 11) is 0. The number of carboxylic acid groups (broad SMARTS) is 1. The summed E-state index contributed by atoms with van der Waals surface area (Å²) >= 11 is 0. The first-order valence-electron chi connectivity index (χ1n) is 5.65. The van der Waals surface area contributed by atoms with Gasteiger partial charge in [-0.05, 0) is 24.6 Å². The molecule has 3 nitrogen and oxygen atoms in total. The summed E-state index contributed by atoms with van der Waals surface area (Å²) in [4.78, 5) is 10.9. The Labute approximate surface area is 106 Å². The van der Waals surface area contributed by atoms with Crippen LogP contribution >= 0.6 is 0 Å². The van der Waals surface area contributed by atoms with E-state index in [0.29, 0.717) is 11.3 Å². The zero-order valence-electron chi connectivity index (χ0n) is 10.1. The minimum Gasteiger partial charge on any atom is -0.545 e. The molecule has 0 aliphatic heterocycles. The number of benzene rings is 2. The zero-order chi connectivity index (χ0) is 13.0. The number of carbonyl (C=O) groups is 1. The van der Waals surface area contributed by atoms with Crippen LogP contribution in [0.1, 0.15) is 21.5 Å². The van der Waals surface area contributed by atoms with Gasteiger partial charge in [-0.2, -0.15) is 0 Å². The fourth-order valence-corrected chi connectivity index (χ4v) is 1.64. The summed E-state index contributed by atoms with van der Waals surface area (Å²) in [5.74, 6) is -0.466. The number of ether oxygens (including phenoxy) is 1. The fraction of sp³-hybridized carbons (Fsp3) is 0.133. The smallest absolute Gasteiger partial charge is 0.119 e. The van der Waals surface area contributed by atoms with Crippen molar-refractivity contribution in [2.75, 3.05) is 0 Å². The van der Waals surface area contributed by atoms with Crippen LogP contribution in [0.2, 0.25) is 0 Å². The van der Waals surface area contributed by atoms with E-state index in [1.54, 1.807) is 18.2 Å². The number of carboxylic acids is 1. The summed E-state index contributed by atoms with van der Waals surface area (Å²) in [5.41, 5.74) is 1.93. The topological polar surface area (TPSA) is 49.4 Å². The van der Waals surface area contributed by atoms with Crippen molar-refractivity contribution >= 4 is 5.97 Å². The summed E-state index contributed by atoms with van der Waals surface area (Å²) in [6, 6.07) is 14.3. The lowest BCUT2D eigenvalue weighted by molar-refractivity contribution is -0.255. The highest BCUT2D eigenvalue weighted by atomic mass is 16.5. The van der Waals surface area contributed by atoms with Crippen molar-refractivity contribution in [2.45, 2.75) is 13.5 Å². The maximum atomic E-state index is 10.9. The molecule has 2 aromatic rings. The van der Waals surface area contributed by atoms with E-state index in [0.717, 1.165) is 5.56 Å². The van der Waals surface area contributed by atoms with Gasteiger partial charge in [0.1, 0.15) is 12.4 Å². The summed E-state index contributed by atoms with van der Waals surface area (Å²) in [6.45, 7) is 2.21. The van der Waals surface area contributed by atoms with Gasteiger partial charge in [0, 0.05) is 5.56 Å². The second-order valence-corrected chi connectivity index (χ2v) is 4.05. The lowest BCUT2D eigenvalue weighted by Crippen LogP contribution is -2.24. The van der Waals surface area contributed by atoms with Gasteiger partial charge in [-0.15, -0.1) is 0 Å². The average Bonchev–Trinajstić information content (AvgIpc) is 2.38. The molecule has 3 heteroatoms. The van der Waals surface area contributed by atoms with Crippen LogP contribution in [0.25, 0.3) is 0 Å². The average molecular weight is 241 g/mol. The Balaban J connectivity index is 2.10. The van der Waals surface area contributed by atoms with Gasteiger partial charge in [-0.3, -0.25) is 0 Å². The van der Waals surface area contributed by atoms with Crippen LogP contribution in [-0.4, -0.2) is 5.97 Å². The molecule has 0 unspecified atom stereocenters. The molecule has 0 saturated heterocycles. The van der Waals surface area contributed by atoms with Gasteiger partial charge < -0.3 is 14.6 Å². The Morgan fingerprint density at radius 1 is 1.11 bits per heavy atom. The van der Waals surface area contributed by atoms with Crippen molar-refractivity contribution in [3.8, 4) is 5.75 Å². The SMILES string of the molecule is Cc1ccc(OCc2ccccc2C(=O)[O-])cc1. The normalized spacial score (nSPS) is 10.1. The molecule has 0 bridgehead atoms. The van der Waals surface area contributed by atoms with Crippen molar-refractivity contribution in [1.82, 2.24) is 0 Å². The van der Waals surface area contributed by atoms with Crippen molar-refractivity contribution < 1.29 is 14.6 Å². The van der Waals surface area contributed by atoms with Crippen LogP contribution < -0.4 is 9.84 Å². The minimum atomic E-state index is -1.18. The summed E-state index contributed by atoms with van der Waals surface area (Å²) in [6.07, 6.45) is 0. The van der Waals surface area contributed by atoms with Gasteiger partial charge in [0.05, 0.1) is 5.97 Å². The largest absolute Gasteiger partial charge is 0.545 e. The third kappa shape index (κ3) is 2.88. The molecule has 0 radical (unpaired) electrons. The molecule has 0 aliphatic carbocycles. The third-order valence-corrected chi connectivity index (χ3v) is 2.65. The Bertz CT molecular complexity index is 544. The predicted molar refractivity (Wildman–Crippen MR) is 66.3 cm³/mol. The van der Waals surface area contributed by atoms with Crippen LogP contribution in [0, 0.1) is 6.92 Å². The lowest BCUT2D eigenvalue weighted by atomic mass is 10.1. The molecule has 0 saturated carbocycles. The van der Waals surface area contributed by atoms with Gasteiger partial charge in [0.2, 0.25) is 0 Å². The van der Waals surface area contributed by atoms with Gasteiger partial charge in [-0.25, -0.2) is 0 Å². The molecule has 0 fully saturated rings. The van der Waals surface area contributed by atoms with Gasteiger partial charge in [0.25, 0.3) is 0 Å². The van der Waals surface area contributed by atoms with E-state index < -0.39 is 5.97 Å². The van der Waals surface area contributed by atoms with Gasteiger partial charge >= 0.3 is 0 Å². The highest BCUT2D eigenvalue weighted by Gasteiger charge is 2.03. The highest BCUT2D eigenvalue weighted by molar-refractivity contribution is 5.87. The molecule has 0 atom stereocenters. The Kier molecular flexibility index (Phi) is 3.63. The molecule has 0 aromatic heterocycles. The lowest BCUT2D eigenvalue weighted by Gasteiger charge is -2.11. The molecule has 2 rings (SSSR count). The van der Waals surface area contributed by atoms with Crippen molar-refractivity contribution in [1.29, 1.82) is 0 Å². The van der Waals surface area contributed by atoms with E-state index in [9.17, 15) is 9.90 Å². The molecule has 18 heavy (non-hydrogen) atoms. The number of carbonyl (C=O) groups excluding carboxylic acids is 1. The van der Waals surface area contributed by atoms with Crippen LogP contribution in [0.15, 0.2) is 48.5 Å². The number of hydrogen-bond donors (Lipinski definition) is 0. The molecule has 0 spiro atoms. The maximum absolute atomic E-state index is 10.9. The number of aromatic carboxylic acids is 1. The van der Waals surface area contributed by atoms with Gasteiger partial charge in [0.15, 0.2) is 0 Å². The van der Waals surface area contributed by atoms with E-state index in [4.69, 9.17) is 4.74 Å². The second-order valence-electron chi connectivity index (χ2n) is 4.05. The first kappa shape index (κ1) is 12.2. The number of aryl methyl sites for hydroxylation is 1. The second kappa shape index (κ2) is 5.36. The Morgan fingerprint density at radius 2 is 1.78 bits per heavy atom. The minimum absolute atomic E-state index is 0.171. The van der Waals surface area contributed by atoms with Crippen molar-refractivity contribution in [3.63, 3.8) is 0 Å². The molecular formula is C15H13O3-. The molecule has 0 heterocycles. The Morgan fingerprint density at radius 3 is 2.44 bits per heavy atom. The molecule has 0 N–H and O–H groups in total. The quantitative estimate of drug-likeness (QED) is 0.821. The van der Waals surface area contributed by atoms with Crippen LogP contribution in [-0.2, 0) is 6.61 Å². The predicted octanol–water partition coefficient (Wildman–Crippen LogP) is 1.94. The van der Waals surface area contributed by atoms with Crippen molar-refractivity contribution in [3.05, 3.63) is 65.2 Å². The number of hydrogen-bond acceptors (Lipinski definition) is 3. The number of rotatable bonds is 4. The maximum Gasteiger partial charge on any atom is 0.119 e. The van der Waals surface area contributed by atoms with Crippen LogP contribution in [0.3, 0.4) is 0 Å². The molecular weight excluding hydrogens is 228 g/mol. The van der Waals surface area contributed by atoms with E-state index in [1.807, 2.05) is 31.2 Å². The monoisotopic (exact) mass is 241 g/mol. The van der Waals surface area contributed by atoms with E-state index in [-0.39, 0.29) is 12.2 Å². The molecule has 92 valence electrons. The van der Waals surface area contributed by atoms with Gasteiger partial charge in [-0.1, -0.05) is 42.0 Å². The summed E-state index contributed by atoms with van der Waals surface area (Å²) in [5, 5.41) is 10.9. The van der Waals surface area contributed by atoms with Crippen LogP contribution in [0.4, 0.5) is 0 Å². The first-order chi connectivity index (χ1) is 8.66. The molecule has 0 aliphatic rings. The fourth-order valence-electron chi connectivity index (χ4n) is 1.64. The first-order valence-corrected chi connectivity index (χ1v) is 5.65. The molecule has 0 amide bonds. The highest BCUT2D eigenvalue weighted by Crippen LogP contribution is 2.15. The van der Waals surface area contributed by atoms with Crippen molar-refractivity contribution in [2.24, 2.45) is 0 Å². The molecule has 2 aromatic carbocycles. The standard InChI is InChI=1S/C15H14O3/c1-11-6-8-13(9-7-11)18-10-12-4-2-3-5-14(12)15(16)17/h2-9H,10H2,1H3,(H,16,17)/p-1. The Hall–Kier alpha value is -2.29. The third-order valence-electron chi connectivity index (χ3n) is 2.65. The van der Waals surface area contributed by atoms with E-state index >= 15 is 0 Å². The zero-order valence-corrected chi connectivity index (χ0v) is 10.1. The van der Waals surface area contributed by atoms with E-state index in [1.165, 1.54) is 6.07 Å². The van der Waals surface area contributed by atoms with E-state index in [2.05, 4.69) is 0 Å².